The van der Waals surface area contributed by atoms with Crippen LogP contribution in [0.25, 0.3) is 27.7 Å². The van der Waals surface area contributed by atoms with E-state index in [2.05, 4.69) is 47.2 Å². The van der Waals surface area contributed by atoms with Crippen LogP contribution in [0.1, 0.15) is 35.6 Å². The average molecular weight is 432 g/mol. The van der Waals surface area contributed by atoms with Crippen molar-refractivity contribution in [3.05, 3.63) is 47.5 Å². The molecule has 0 aliphatic carbocycles. The Bertz CT molecular complexity index is 1290. The Morgan fingerprint density at radius 2 is 1.88 bits per heavy atom. The van der Waals surface area contributed by atoms with E-state index in [1.165, 1.54) is 10.9 Å². The van der Waals surface area contributed by atoms with Gasteiger partial charge in [0.15, 0.2) is 5.65 Å². The fourth-order valence-electron chi connectivity index (χ4n) is 4.88. The number of carbonyl (C=O) groups excluding carboxylic acids is 1. The second-order valence-electron chi connectivity index (χ2n) is 9.16. The number of amides is 1. The van der Waals surface area contributed by atoms with Crippen LogP contribution < -0.4 is 0 Å². The zero-order chi connectivity index (χ0) is 22.4. The molecule has 5 rings (SSSR count). The van der Waals surface area contributed by atoms with Crippen LogP contribution in [0.2, 0.25) is 0 Å². The summed E-state index contributed by atoms with van der Waals surface area (Å²) >= 11 is 0. The number of H-pyrrole nitrogens is 1. The van der Waals surface area contributed by atoms with E-state index in [0.717, 1.165) is 59.5 Å². The SMILES string of the molecule is Cc1cc(-c2cc(C)c3ncnn3c2)cc2[nH]nc(C3CCN(C(=O)CN(C)C)CC3)c12. The van der Waals surface area contributed by atoms with Gasteiger partial charge < -0.3 is 9.80 Å². The lowest BCUT2D eigenvalue weighted by Crippen LogP contribution is -2.42. The molecule has 0 unspecified atom stereocenters. The van der Waals surface area contributed by atoms with Crippen LogP contribution in [0, 0.1) is 13.8 Å². The van der Waals surface area contributed by atoms with Gasteiger partial charge in [-0.25, -0.2) is 9.50 Å². The van der Waals surface area contributed by atoms with Crippen molar-refractivity contribution in [3.8, 4) is 11.1 Å². The van der Waals surface area contributed by atoms with Gasteiger partial charge >= 0.3 is 0 Å². The minimum atomic E-state index is 0.209. The van der Waals surface area contributed by atoms with Crippen molar-refractivity contribution in [2.45, 2.75) is 32.6 Å². The summed E-state index contributed by atoms with van der Waals surface area (Å²) < 4.78 is 1.83. The minimum absolute atomic E-state index is 0.209. The maximum absolute atomic E-state index is 12.4. The molecule has 1 amide bonds. The second-order valence-corrected chi connectivity index (χ2v) is 9.16. The molecule has 8 nitrogen and oxygen atoms in total. The Hall–Kier alpha value is -3.26. The number of carbonyl (C=O) groups is 1. The summed E-state index contributed by atoms with van der Waals surface area (Å²) in [5.74, 6) is 0.575. The third-order valence-corrected chi connectivity index (χ3v) is 6.47. The van der Waals surface area contributed by atoms with Crippen LogP contribution in [0.3, 0.4) is 0 Å². The van der Waals surface area contributed by atoms with E-state index in [1.54, 1.807) is 6.33 Å². The predicted molar refractivity (Wildman–Crippen MR) is 125 cm³/mol. The van der Waals surface area contributed by atoms with E-state index in [9.17, 15) is 4.79 Å². The Morgan fingerprint density at radius 3 is 2.62 bits per heavy atom. The van der Waals surface area contributed by atoms with Gasteiger partial charge in [-0.3, -0.25) is 9.89 Å². The maximum atomic E-state index is 12.4. The van der Waals surface area contributed by atoms with Gasteiger partial charge in [0.05, 0.1) is 17.8 Å². The third kappa shape index (κ3) is 3.64. The first-order chi connectivity index (χ1) is 15.4. The number of aromatic amines is 1. The Morgan fingerprint density at radius 1 is 1.12 bits per heavy atom. The summed E-state index contributed by atoms with van der Waals surface area (Å²) in [6.07, 6.45) is 5.50. The smallest absolute Gasteiger partial charge is 0.236 e. The van der Waals surface area contributed by atoms with Crippen molar-refractivity contribution < 1.29 is 4.79 Å². The first-order valence-electron chi connectivity index (χ1n) is 11.1. The zero-order valence-electron chi connectivity index (χ0n) is 19.1. The molecule has 166 valence electrons. The van der Waals surface area contributed by atoms with Crippen molar-refractivity contribution in [1.29, 1.82) is 0 Å². The molecule has 1 saturated heterocycles. The lowest BCUT2D eigenvalue weighted by Gasteiger charge is -2.32. The van der Waals surface area contributed by atoms with Gasteiger partial charge in [-0.05, 0) is 69.6 Å². The van der Waals surface area contributed by atoms with Crippen LogP contribution >= 0.6 is 0 Å². The summed E-state index contributed by atoms with van der Waals surface area (Å²) in [5, 5.41) is 13.5. The number of rotatable bonds is 4. The third-order valence-electron chi connectivity index (χ3n) is 6.47. The van der Waals surface area contributed by atoms with E-state index >= 15 is 0 Å². The monoisotopic (exact) mass is 431 g/mol. The number of aromatic nitrogens is 5. The standard InChI is InChI=1S/C24H29N7O/c1-15-9-18(19-10-16(2)24-25-14-26-31(24)12-19)11-20-22(15)23(28-27-20)17-5-7-30(8-6-17)21(32)13-29(3)4/h9-12,14,17H,5-8,13H2,1-4H3,(H,27,28). The molecule has 0 atom stereocenters. The molecule has 4 heterocycles. The highest BCUT2D eigenvalue weighted by Gasteiger charge is 2.27. The predicted octanol–water partition coefficient (Wildman–Crippen LogP) is 3.16. The largest absolute Gasteiger partial charge is 0.342 e. The first kappa shape index (κ1) is 20.6. The van der Waals surface area contributed by atoms with Gasteiger partial charge in [0.2, 0.25) is 5.91 Å². The highest BCUT2D eigenvalue weighted by Crippen LogP contribution is 2.35. The summed E-state index contributed by atoms with van der Waals surface area (Å²) in [4.78, 5) is 20.6. The van der Waals surface area contributed by atoms with Crippen LogP contribution in [-0.2, 0) is 4.79 Å². The second kappa shape index (κ2) is 8.02. The number of pyridine rings is 1. The molecular formula is C24H29N7O. The molecule has 1 aliphatic heterocycles. The van der Waals surface area contributed by atoms with Crippen LogP contribution in [0.15, 0.2) is 30.7 Å². The zero-order valence-corrected chi connectivity index (χ0v) is 19.1. The molecule has 1 aliphatic rings. The van der Waals surface area contributed by atoms with E-state index in [0.29, 0.717) is 12.5 Å². The summed E-state index contributed by atoms with van der Waals surface area (Å²) in [6, 6.07) is 6.56. The molecule has 3 aromatic heterocycles. The molecule has 0 saturated carbocycles. The van der Waals surface area contributed by atoms with Crippen molar-refractivity contribution in [3.63, 3.8) is 0 Å². The lowest BCUT2D eigenvalue weighted by molar-refractivity contribution is -0.132. The molecule has 1 fully saturated rings. The summed E-state index contributed by atoms with van der Waals surface area (Å²) in [7, 11) is 3.87. The molecule has 0 bridgehead atoms. The number of hydrogen-bond donors (Lipinski definition) is 1. The molecule has 0 spiro atoms. The van der Waals surface area contributed by atoms with Crippen LogP contribution in [0.4, 0.5) is 0 Å². The molecule has 0 radical (unpaired) electrons. The van der Waals surface area contributed by atoms with Gasteiger partial charge in [0, 0.05) is 36.2 Å². The highest BCUT2D eigenvalue weighted by atomic mass is 16.2. The molecule has 32 heavy (non-hydrogen) atoms. The topological polar surface area (TPSA) is 82.4 Å². The van der Waals surface area contributed by atoms with Gasteiger partial charge in [0.25, 0.3) is 0 Å². The molecule has 1 N–H and O–H groups in total. The number of benzene rings is 1. The number of nitrogens with zero attached hydrogens (tertiary/aromatic N) is 6. The van der Waals surface area contributed by atoms with E-state index in [4.69, 9.17) is 5.10 Å². The number of hydrogen-bond acceptors (Lipinski definition) is 5. The maximum Gasteiger partial charge on any atom is 0.236 e. The van der Waals surface area contributed by atoms with Gasteiger partial charge in [-0.15, -0.1) is 0 Å². The molecule has 8 heteroatoms. The first-order valence-corrected chi connectivity index (χ1v) is 11.1. The normalized spacial score (nSPS) is 15.3. The average Bonchev–Trinajstić information content (AvgIpc) is 3.41. The fourth-order valence-corrected chi connectivity index (χ4v) is 4.88. The van der Waals surface area contributed by atoms with Crippen LogP contribution in [0.5, 0.6) is 0 Å². The van der Waals surface area contributed by atoms with Crippen molar-refractivity contribution in [1.82, 2.24) is 34.6 Å². The summed E-state index contributed by atoms with van der Waals surface area (Å²) in [5.41, 5.74) is 7.61. The fraction of sp³-hybridized carbons (Fsp3) is 0.417. The lowest BCUT2D eigenvalue weighted by atomic mass is 9.89. The Labute approximate surface area is 187 Å². The van der Waals surface area contributed by atoms with Crippen molar-refractivity contribution in [2.24, 2.45) is 0 Å². The van der Waals surface area contributed by atoms with Crippen molar-refractivity contribution >= 4 is 22.5 Å². The molecule has 4 aromatic rings. The minimum Gasteiger partial charge on any atom is -0.342 e. The highest BCUT2D eigenvalue weighted by molar-refractivity contribution is 5.90. The number of nitrogens with one attached hydrogen (secondary N) is 1. The van der Waals surface area contributed by atoms with Gasteiger partial charge in [0.1, 0.15) is 6.33 Å². The van der Waals surface area contributed by atoms with E-state index < -0.39 is 0 Å². The number of aryl methyl sites for hydroxylation is 2. The van der Waals surface area contributed by atoms with E-state index in [1.807, 2.05) is 34.6 Å². The number of piperidine rings is 1. The van der Waals surface area contributed by atoms with Gasteiger partial charge in [-0.2, -0.15) is 10.2 Å². The van der Waals surface area contributed by atoms with Crippen molar-refractivity contribution in [2.75, 3.05) is 33.7 Å². The van der Waals surface area contributed by atoms with E-state index in [-0.39, 0.29) is 5.91 Å². The quantitative estimate of drug-likeness (QED) is 0.537. The number of likely N-dealkylation sites (tertiary alicyclic amines) is 1. The Kier molecular flexibility index (Phi) is 5.17. The molecule has 1 aromatic carbocycles. The number of likely N-dealkylation sites (N-methyl/N-ethyl adjacent to an activating group) is 1. The van der Waals surface area contributed by atoms with Gasteiger partial charge in [-0.1, -0.05) is 6.07 Å². The number of fused-ring (bicyclic) bond motifs is 2. The Balaban J connectivity index is 1.42. The summed E-state index contributed by atoms with van der Waals surface area (Å²) in [6.45, 7) is 6.27. The molecular weight excluding hydrogens is 402 g/mol. The van der Waals surface area contributed by atoms with Crippen LogP contribution in [-0.4, -0.2) is 74.2 Å².